The second-order valence-corrected chi connectivity index (χ2v) is 11.2. The molecular formula is C21H21BrF3N5O4S2. The fourth-order valence-electron chi connectivity index (χ4n) is 4.07. The van der Waals surface area contributed by atoms with Crippen molar-refractivity contribution in [3.63, 3.8) is 0 Å². The third-order valence-electron chi connectivity index (χ3n) is 5.80. The van der Waals surface area contributed by atoms with E-state index in [0.717, 1.165) is 17.5 Å². The number of thioether (sulfide) groups is 1. The van der Waals surface area contributed by atoms with Crippen LogP contribution in [-0.2, 0) is 20.4 Å². The zero-order valence-corrected chi connectivity index (χ0v) is 22.4. The Bertz CT molecular complexity index is 1300. The zero-order valence-electron chi connectivity index (χ0n) is 19.2. The molecule has 1 N–H and O–H groups in total. The van der Waals surface area contributed by atoms with Gasteiger partial charge in [0.25, 0.3) is 0 Å². The molecule has 36 heavy (non-hydrogen) atoms. The number of hydrogen-bond donors (Lipinski definition) is 1. The second-order valence-electron chi connectivity index (χ2n) is 8.32. The Hall–Kier alpha value is -2.23. The van der Waals surface area contributed by atoms with E-state index in [2.05, 4.69) is 36.2 Å². The first-order chi connectivity index (χ1) is 16.9. The molecule has 3 aromatic heterocycles. The molecule has 1 saturated heterocycles. The number of halogens is 4. The summed E-state index contributed by atoms with van der Waals surface area (Å²) in [5.41, 5.74) is -0.487. The van der Waals surface area contributed by atoms with Gasteiger partial charge in [0.15, 0.2) is 5.69 Å². The Morgan fingerprint density at radius 1 is 1.36 bits per heavy atom. The molecule has 15 heteroatoms. The lowest BCUT2D eigenvalue weighted by Crippen LogP contribution is -2.47. The van der Waals surface area contributed by atoms with Gasteiger partial charge in [0, 0.05) is 39.7 Å². The van der Waals surface area contributed by atoms with E-state index in [4.69, 9.17) is 9.47 Å². The van der Waals surface area contributed by atoms with Crippen molar-refractivity contribution in [3.8, 4) is 11.4 Å². The van der Waals surface area contributed by atoms with Crippen LogP contribution >= 0.6 is 39.0 Å². The normalized spacial score (nSPS) is 24.6. The summed E-state index contributed by atoms with van der Waals surface area (Å²) < 4.78 is 52.3. The van der Waals surface area contributed by atoms with E-state index in [9.17, 15) is 22.8 Å². The average molecular weight is 608 g/mol. The highest BCUT2D eigenvalue weighted by Crippen LogP contribution is 2.45. The minimum atomic E-state index is -4.58. The van der Waals surface area contributed by atoms with E-state index in [1.54, 1.807) is 16.3 Å². The molecule has 0 bridgehead atoms. The van der Waals surface area contributed by atoms with Crippen molar-refractivity contribution < 1.29 is 27.4 Å². The molecule has 5 atom stereocenters. The number of nitrogens with one attached hydrogen (secondary N) is 1. The summed E-state index contributed by atoms with van der Waals surface area (Å²) in [6.07, 6.45) is -2.21. The Balaban J connectivity index is 1.62. The summed E-state index contributed by atoms with van der Waals surface area (Å²) in [7, 11) is 0. The average Bonchev–Trinajstić information content (AvgIpc) is 3.43. The lowest BCUT2D eigenvalue weighted by Gasteiger charge is -2.44. The van der Waals surface area contributed by atoms with Gasteiger partial charge >= 0.3 is 17.0 Å². The van der Waals surface area contributed by atoms with Crippen molar-refractivity contribution in [2.24, 2.45) is 11.8 Å². The molecule has 4 heterocycles. The lowest BCUT2D eigenvalue weighted by molar-refractivity contribution is -0.156. The van der Waals surface area contributed by atoms with Crippen molar-refractivity contribution >= 4 is 45.0 Å². The molecule has 0 amide bonds. The standard InChI is InChI=1S/C21H21BrF3N5O4S2/c1-9-16(7-33-11(3)31)34-19(36-12-4-13(22)18(26-5-12)21(23,24)25)10(2)17(9)30-6-14(28-29-30)15-8-35-20(32)27-15/h4-6,8-10,16-17,19H,7H2,1-3H3,(H,27,32)/t9-,10?,16?,17-,19+/m0/s1. The van der Waals surface area contributed by atoms with Gasteiger partial charge in [-0.25, -0.2) is 9.67 Å². The van der Waals surface area contributed by atoms with Crippen LogP contribution in [0.4, 0.5) is 13.2 Å². The van der Waals surface area contributed by atoms with Crippen LogP contribution in [0.2, 0.25) is 0 Å². The number of carbonyl (C=O) groups excluding carboxylic acids is 1. The highest BCUT2D eigenvalue weighted by molar-refractivity contribution is 9.10. The van der Waals surface area contributed by atoms with Crippen LogP contribution in [0.25, 0.3) is 11.4 Å². The van der Waals surface area contributed by atoms with Crippen LogP contribution in [0.5, 0.6) is 0 Å². The summed E-state index contributed by atoms with van der Waals surface area (Å²) in [5.74, 6) is -0.800. The minimum absolute atomic E-state index is 0.00510. The number of pyridine rings is 1. The number of esters is 1. The molecule has 3 aromatic rings. The van der Waals surface area contributed by atoms with Gasteiger partial charge in [0.1, 0.15) is 17.7 Å². The smallest absolute Gasteiger partial charge is 0.434 e. The molecule has 2 unspecified atom stereocenters. The molecule has 0 radical (unpaired) electrons. The predicted molar refractivity (Wildman–Crippen MR) is 129 cm³/mol. The maximum atomic E-state index is 13.1. The Labute approximate surface area is 219 Å². The quantitative estimate of drug-likeness (QED) is 0.399. The predicted octanol–water partition coefficient (Wildman–Crippen LogP) is 4.76. The van der Waals surface area contributed by atoms with Crippen LogP contribution in [0, 0.1) is 11.8 Å². The molecular weight excluding hydrogens is 587 g/mol. The molecule has 1 aliphatic heterocycles. The molecule has 1 aliphatic rings. The summed E-state index contributed by atoms with van der Waals surface area (Å²) in [5, 5.41) is 10.1. The fraction of sp³-hybridized carbons (Fsp3) is 0.476. The first kappa shape index (κ1) is 26.8. The molecule has 0 aliphatic carbocycles. The molecule has 194 valence electrons. The summed E-state index contributed by atoms with van der Waals surface area (Å²) in [4.78, 5) is 29.5. The Morgan fingerprint density at radius 2 is 2.11 bits per heavy atom. The van der Waals surface area contributed by atoms with Crippen LogP contribution in [0.15, 0.2) is 38.0 Å². The first-order valence-corrected chi connectivity index (χ1v) is 13.3. The van der Waals surface area contributed by atoms with Crippen molar-refractivity contribution in [2.75, 3.05) is 6.61 Å². The summed E-state index contributed by atoms with van der Waals surface area (Å²) >= 11 is 5.20. The molecule has 0 spiro atoms. The highest BCUT2D eigenvalue weighted by atomic mass is 79.9. The van der Waals surface area contributed by atoms with Crippen molar-refractivity contribution in [1.29, 1.82) is 0 Å². The number of hydrogen-bond acceptors (Lipinski definition) is 9. The Morgan fingerprint density at radius 3 is 2.72 bits per heavy atom. The van der Waals surface area contributed by atoms with Gasteiger partial charge in [-0.2, -0.15) is 13.2 Å². The number of ether oxygens (including phenoxy) is 2. The summed E-state index contributed by atoms with van der Waals surface area (Å²) in [6, 6.07) is 1.10. The van der Waals surface area contributed by atoms with Gasteiger partial charge < -0.3 is 14.5 Å². The fourth-order valence-corrected chi connectivity index (χ4v) is 6.51. The molecule has 1 fully saturated rings. The van der Waals surface area contributed by atoms with E-state index in [1.807, 2.05) is 13.8 Å². The van der Waals surface area contributed by atoms with Crippen LogP contribution < -0.4 is 4.87 Å². The van der Waals surface area contributed by atoms with E-state index < -0.39 is 29.4 Å². The minimum Gasteiger partial charge on any atom is -0.463 e. The van der Waals surface area contributed by atoms with Crippen LogP contribution in [-0.4, -0.2) is 49.1 Å². The van der Waals surface area contributed by atoms with E-state index in [1.165, 1.54) is 24.8 Å². The van der Waals surface area contributed by atoms with Crippen LogP contribution in [0.3, 0.4) is 0 Å². The number of carbonyl (C=O) groups is 1. The van der Waals surface area contributed by atoms with E-state index in [-0.39, 0.29) is 33.8 Å². The maximum absolute atomic E-state index is 13.1. The third-order valence-corrected chi connectivity index (χ3v) is 8.34. The van der Waals surface area contributed by atoms with E-state index in [0.29, 0.717) is 16.3 Å². The van der Waals surface area contributed by atoms with Crippen molar-refractivity contribution in [3.05, 3.63) is 43.7 Å². The zero-order chi connectivity index (χ0) is 26.2. The molecule has 9 nitrogen and oxygen atoms in total. The Kier molecular flexibility index (Phi) is 7.92. The van der Waals surface area contributed by atoms with Crippen LogP contribution in [0.1, 0.15) is 32.5 Å². The number of alkyl halides is 3. The number of H-pyrrole nitrogens is 1. The van der Waals surface area contributed by atoms with Gasteiger partial charge in [0.2, 0.25) is 0 Å². The number of nitrogens with zero attached hydrogens (tertiary/aromatic N) is 4. The molecule has 4 rings (SSSR count). The number of aromatic amines is 1. The molecule has 0 aromatic carbocycles. The van der Waals surface area contributed by atoms with Crippen molar-refractivity contribution in [1.82, 2.24) is 25.0 Å². The first-order valence-electron chi connectivity index (χ1n) is 10.7. The highest BCUT2D eigenvalue weighted by Gasteiger charge is 2.44. The van der Waals surface area contributed by atoms with Gasteiger partial charge in [-0.3, -0.25) is 9.59 Å². The topological polar surface area (TPSA) is 112 Å². The summed E-state index contributed by atoms with van der Waals surface area (Å²) in [6.45, 7) is 5.20. The van der Waals surface area contributed by atoms with Gasteiger partial charge in [-0.1, -0.05) is 42.2 Å². The third kappa shape index (κ3) is 5.84. The lowest BCUT2D eigenvalue weighted by atomic mass is 9.84. The molecule has 0 saturated carbocycles. The SMILES string of the molecule is CC(=O)OCC1O[C@H](Sc2cnc(C(F)(F)F)c(Br)c2)C(C)[C@@H](n2cc(-c3csc(=O)[nH]3)nn2)[C@H]1C. The number of rotatable bonds is 6. The maximum Gasteiger partial charge on any atom is 0.434 e. The monoisotopic (exact) mass is 607 g/mol. The van der Waals surface area contributed by atoms with E-state index >= 15 is 0 Å². The van der Waals surface area contributed by atoms with Gasteiger partial charge in [-0.05, 0) is 22.0 Å². The van der Waals surface area contributed by atoms with Gasteiger partial charge in [-0.15, -0.1) is 5.10 Å². The number of aromatic nitrogens is 5. The number of thiazole rings is 1. The second kappa shape index (κ2) is 10.6. The largest absolute Gasteiger partial charge is 0.463 e. The van der Waals surface area contributed by atoms with Crippen molar-refractivity contribution in [2.45, 2.75) is 49.4 Å². The van der Waals surface area contributed by atoms with Gasteiger partial charge in [0.05, 0.1) is 24.0 Å².